The van der Waals surface area contributed by atoms with Gasteiger partial charge in [-0.05, 0) is 50.5 Å². The van der Waals surface area contributed by atoms with Crippen molar-refractivity contribution in [3.63, 3.8) is 0 Å². The minimum absolute atomic E-state index is 0.160. The van der Waals surface area contributed by atoms with Crippen LogP contribution >= 0.6 is 0 Å². The van der Waals surface area contributed by atoms with E-state index in [9.17, 15) is 14.3 Å². The van der Waals surface area contributed by atoms with Crippen molar-refractivity contribution in [1.29, 1.82) is 0 Å². The summed E-state index contributed by atoms with van der Waals surface area (Å²) in [5.74, 6) is 0.347. The van der Waals surface area contributed by atoms with E-state index >= 15 is 0 Å². The number of nitrogens with one attached hydrogen (secondary N) is 2. The number of nitrogens with zero attached hydrogens (tertiary/aromatic N) is 4. The van der Waals surface area contributed by atoms with Crippen LogP contribution in [0, 0.1) is 11.7 Å². The topological polar surface area (TPSA) is 94.3 Å². The summed E-state index contributed by atoms with van der Waals surface area (Å²) in [5.41, 5.74) is 5.13. The number of allylic oxidation sites excluding steroid dienone is 1. The van der Waals surface area contributed by atoms with Crippen LogP contribution in [-0.4, -0.2) is 50.3 Å². The van der Waals surface area contributed by atoms with Gasteiger partial charge in [0.05, 0.1) is 41.1 Å². The molecule has 2 aliphatic rings. The third-order valence-corrected chi connectivity index (χ3v) is 7.14. The lowest BCUT2D eigenvalue weighted by Crippen LogP contribution is -2.38. The van der Waals surface area contributed by atoms with Gasteiger partial charge >= 0.3 is 0 Å². The number of rotatable bonds is 6. The van der Waals surface area contributed by atoms with Gasteiger partial charge in [0.25, 0.3) is 5.91 Å². The number of aromatic nitrogens is 2. The van der Waals surface area contributed by atoms with Crippen molar-refractivity contribution < 1.29 is 14.3 Å². The fourth-order valence-corrected chi connectivity index (χ4v) is 5.14. The van der Waals surface area contributed by atoms with Crippen LogP contribution in [0.4, 0.5) is 10.1 Å². The van der Waals surface area contributed by atoms with Crippen LogP contribution in [0.3, 0.4) is 0 Å². The molecule has 4 heterocycles. The number of halogens is 1. The predicted molar refractivity (Wildman–Crippen MR) is 143 cm³/mol. The Morgan fingerprint density at radius 3 is 3.03 bits per heavy atom. The molecular formula is C28H31FN6O2. The molecule has 0 radical (unpaired) electrons. The van der Waals surface area contributed by atoms with Gasteiger partial charge < -0.3 is 20.6 Å². The molecule has 0 spiro atoms. The average molecular weight is 503 g/mol. The summed E-state index contributed by atoms with van der Waals surface area (Å²) in [6.45, 7) is 9.68. The fraction of sp³-hybridized carbons (Fsp3) is 0.321. The van der Waals surface area contributed by atoms with E-state index in [4.69, 9.17) is 0 Å². The maximum atomic E-state index is 13.6. The van der Waals surface area contributed by atoms with Gasteiger partial charge in [0.1, 0.15) is 17.3 Å². The number of fused-ring (bicyclic) bond motifs is 2. The number of carbonyl (C=O) groups excluding carboxylic acids is 1. The van der Waals surface area contributed by atoms with Crippen LogP contribution in [0.5, 0.6) is 0 Å². The first-order valence-electron chi connectivity index (χ1n) is 12.5. The van der Waals surface area contributed by atoms with E-state index in [0.29, 0.717) is 29.3 Å². The summed E-state index contributed by atoms with van der Waals surface area (Å²) in [7, 11) is 0. The summed E-state index contributed by atoms with van der Waals surface area (Å²) < 4.78 is 15.4. The summed E-state index contributed by atoms with van der Waals surface area (Å²) in [4.78, 5) is 23.9. The number of aliphatic hydroxyl groups excluding tert-OH is 1. The third kappa shape index (κ3) is 4.86. The largest absolute Gasteiger partial charge is 0.393 e. The molecular weight excluding hydrogens is 471 g/mol. The minimum Gasteiger partial charge on any atom is -0.393 e. The second kappa shape index (κ2) is 10.2. The molecule has 3 N–H and O–H groups in total. The molecule has 192 valence electrons. The monoisotopic (exact) mass is 502 g/mol. The van der Waals surface area contributed by atoms with Crippen molar-refractivity contribution in [1.82, 2.24) is 19.6 Å². The zero-order valence-corrected chi connectivity index (χ0v) is 21.0. The molecule has 37 heavy (non-hydrogen) atoms. The van der Waals surface area contributed by atoms with Gasteiger partial charge in [-0.15, -0.1) is 0 Å². The van der Waals surface area contributed by atoms with Gasteiger partial charge in [-0.2, -0.15) is 0 Å². The van der Waals surface area contributed by atoms with Gasteiger partial charge in [-0.3, -0.25) is 9.20 Å². The number of aliphatic hydroxyl groups is 1. The van der Waals surface area contributed by atoms with Crippen molar-refractivity contribution in [2.75, 3.05) is 18.4 Å². The van der Waals surface area contributed by atoms with Crippen molar-refractivity contribution in [2.24, 2.45) is 10.9 Å². The Kier molecular flexibility index (Phi) is 6.80. The van der Waals surface area contributed by atoms with Crippen molar-refractivity contribution in [3.8, 4) is 11.3 Å². The quantitative estimate of drug-likeness (QED) is 0.265. The smallest absolute Gasteiger partial charge is 0.254 e. The van der Waals surface area contributed by atoms with Crippen molar-refractivity contribution in [3.05, 3.63) is 78.2 Å². The molecule has 1 aromatic carbocycles. The predicted octanol–water partition coefficient (Wildman–Crippen LogP) is 4.33. The maximum Gasteiger partial charge on any atom is 0.254 e. The summed E-state index contributed by atoms with van der Waals surface area (Å²) >= 11 is 0. The molecule has 5 rings (SSSR count). The second-order valence-corrected chi connectivity index (χ2v) is 9.60. The molecule has 2 atom stereocenters. The normalized spacial score (nSPS) is 19.1. The van der Waals surface area contributed by atoms with E-state index in [1.807, 2.05) is 30.4 Å². The zero-order valence-electron chi connectivity index (χ0n) is 21.0. The van der Waals surface area contributed by atoms with Crippen LogP contribution in [0.1, 0.15) is 42.6 Å². The Labute approximate surface area is 215 Å². The van der Waals surface area contributed by atoms with E-state index in [-0.39, 0.29) is 23.7 Å². The first-order chi connectivity index (χ1) is 17.9. The highest BCUT2D eigenvalue weighted by atomic mass is 19.1. The zero-order chi connectivity index (χ0) is 26.1. The average Bonchev–Trinajstić information content (AvgIpc) is 3.48. The summed E-state index contributed by atoms with van der Waals surface area (Å²) in [6.07, 6.45) is 8.56. The number of imidazole rings is 1. The Hall–Kier alpha value is -3.98. The van der Waals surface area contributed by atoms with Crippen LogP contribution in [0.2, 0.25) is 0 Å². The fourth-order valence-electron chi connectivity index (χ4n) is 5.14. The highest BCUT2D eigenvalue weighted by Crippen LogP contribution is 2.34. The lowest BCUT2D eigenvalue weighted by molar-refractivity contribution is 0.0765. The number of benzene rings is 1. The highest BCUT2D eigenvalue weighted by molar-refractivity contribution is 6.08. The molecule has 1 saturated heterocycles. The SMILES string of the molecule is C=C/C(=C\N=C(/C)Nc1ccc(-c2cnc3cc(F)ccn23)c2c1C(=O)NC2)N1CCC[C@H]([C@H](C)O)C1. The maximum absolute atomic E-state index is 13.6. The number of piperidine rings is 1. The number of amidine groups is 1. The molecule has 0 bridgehead atoms. The molecule has 0 saturated carbocycles. The Morgan fingerprint density at radius 1 is 1.41 bits per heavy atom. The number of carbonyl (C=O) groups is 1. The van der Waals surface area contributed by atoms with Crippen molar-refractivity contribution in [2.45, 2.75) is 39.3 Å². The van der Waals surface area contributed by atoms with E-state index in [1.165, 1.54) is 12.1 Å². The molecule has 9 heteroatoms. The number of amides is 1. The second-order valence-electron chi connectivity index (χ2n) is 9.60. The van der Waals surface area contributed by atoms with E-state index in [0.717, 1.165) is 48.4 Å². The van der Waals surface area contributed by atoms with Gasteiger partial charge in [-0.25, -0.2) is 14.4 Å². The molecule has 1 amide bonds. The van der Waals surface area contributed by atoms with Crippen LogP contribution in [0.25, 0.3) is 16.9 Å². The molecule has 0 unspecified atom stereocenters. The number of aliphatic imine (C=N–C) groups is 1. The van der Waals surface area contributed by atoms with Crippen LogP contribution < -0.4 is 10.6 Å². The standard InChI is InChI=1S/C28H31FN6O2/c1-4-21(34-10-5-6-19(16-34)17(2)36)13-30-18(3)33-24-8-7-22(23-14-32-28(37)27(23)24)25-15-31-26-12-20(29)9-11-35(25)26/h4,7-9,11-13,15,17,19,36H,1,5-6,10,14,16H2,2-3H3,(H,30,33)(H,32,37)/b21-13+/t17-,19-/m0/s1. The molecule has 3 aromatic rings. The number of hydrogen-bond donors (Lipinski definition) is 3. The number of hydrogen-bond acceptors (Lipinski definition) is 5. The first kappa shape index (κ1) is 24.7. The van der Waals surface area contributed by atoms with Crippen LogP contribution in [0.15, 0.2) is 66.2 Å². The minimum atomic E-state index is -0.349. The molecule has 8 nitrogen and oxygen atoms in total. The molecule has 2 aromatic heterocycles. The molecule has 2 aliphatic heterocycles. The Morgan fingerprint density at radius 2 is 2.24 bits per heavy atom. The first-order valence-corrected chi connectivity index (χ1v) is 12.5. The number of pyridine rings is 1. The third-order valence-electron chi connectivity index (χ3n) is 7.14. The molecule has 0 aliphatic carbocycles. The summed E-state index contributed by atoms with van der Waals surface area (Å²) in [6, 6.07) is 6.56. The van der Waals surface area contributed by atoms with Gasteiger partial charge in [0.2, 0.25) is 0 Å². The van der Waals surface area contributed by atoms with Gasteiger partial charge in [0.15, 0.2) is 0 Å². The number of likely N-dealkylation sites (tertiary alicyclic amines) is 1. The van der Waals surface area contributed by atoms with Crippen molar-refractivity contribution >= 4 is 23.1 Å². The highest BCUT2D eigenvalue weighted by Gasteiger charge is 2.27. The Bertz CT molecular complexity index is 1420. The van der Waals surface area contributed by atoms with Crippen LogP contribution in [-0.2, 0) is 6.54 Å². The Balaban J connectivity index is 1.41. The molecule has 1 fully saturated rings. The summed E-state index contributed by atoms with van der Waals surface area (Å²) in [5, 5.41) is 16.2. The van der Waals surface area contributed by atoms with E-state index in [2.05, 4.69) is 32.1 Å². The van der Waals surface area contributed by atoms with Gasteiger partial charge in [-0.1, -0.05) is 12.6 Å². The lowest BCUT2D eigenvalue weighted by atomic mass is 9.93. The van der Waals surface area contributed by atoms with Gasteiger partial charge in [0, 0.05) is 43.4 Å². The van der Waals surface area contributed by atoms with E-state index < -0.39 is 0 Å². The number of anilines is 1. The van der Waals surface area contributed by atoms with E-state index in [1.54, 1.807) is 24.7 Å². The lowest BCUT2D eigenvalue weighted by Gasteiger charge is -2.36.